The normalized spacial score (nSPS) is 15.8. The fourth-order valence-electron chi connectivity index (χ4n) is 3.21. The minimum absolute atomic E-state index is 0.0233. The monoisotopic (exact) mass is 438 g/mol. The number of aromatic amines is 1. The lowest BCUT2D eigenvalue weighted by Gasteiger charge is -2.35. The largest absolute Gasteiger partial charge is 0.340 e. The number of benzene rings is 1. The molecule has 2 aromatic rings. The third-order valence-electron chi connectivity index (χ3n) is 5.00. The highest BCUT2D eigenvalue weighted by atomic mass is 32.2. The maximum Gasteiger partial charge on any atom is 0.281 e. The second kappa shape index (κ2) is 8.74. The Morgan fingerprint density at radius 3 is 2.38 bits per heavy atom. The number of H-pyrrole nitrogens is 1. The minimum atomic E-state index is -3.44. The van der Waals surface area contributed by atoms with Crippen LogP contribution in [0.15, 0.2) is 24.3 Å². The van der Waals surface area contributed by atoms with Crippen LogP contribution in [-0.4, -0.2) is 82.9 Å². The third kappa shape index (κ3) is 4.74. The van der Waals surface area contributed by atoms with Crippen LogP contribution in [0.4, 0.5) is 0 Å². The molecule has 0 unspecified atom stereocenters. The van der Waals surface area contributed by atoms with Crippen molar-refractivity contribution in [3.63, 3.8) is 0 Å². The molecule has 1 aromatic carbocycles. The summed E-state index contributed by atoms with van der Waals surface area (Å²) < 4.78 is 29.3. The molecule has 0 radical (unpaired) electrons. The molecular weight excluding hydrogens is 412 g/mol. The van der Waals surface area contributed by atoms with Gasteiger partial charge in [-0.05, 0) is 19.1 Å². The molecule has 0 atom stereocenters. The zero-order valence-corrected chi connectivity index (χ0v) is 18.5. The summed E-state index contributed by atoms with van der Waals surface area (Å²) in [7, 11) is -0.429. The number of hydrogen-bond acceptors (Lipinski definition) is 5. The minimum Gasteiger partial charge on any atom is -0.340 e. The van der Waals surface area contributed by atoms with Crippen molar-refractivity contribution in [2.45, 2.75) is 19.9 Å². The molecular formula is C18H26N6O3S2. The second-order valence-electron chi connectivity index (χ2n) is 7.19. The van der Waals surface area contributed by atoms with Crippen molar-refractivity contribution in [1.29, 1.82) is 0 Å². The Kier molecular flexibility index (Phi) is 6.52. The molecule has 1 aromatic heterocycles. The molecule has 1 aliphatic rings. The van der Waals surface area contributed by atoms with Crippen LogP contribution in [0.3, 0.4) is 0 Å². The van der Waals surface area contributed by atoms with Gasteiger partial charge in [-0.3, -0.25) is 14.5 Å². The van der Waals surface area contributed by atoms with Crippen LogP contribution >= 0.6 is 12.2 Å². The first-order chi connectivity index (χ1) is 13.7. The number of nitrogens with one attached hydrogen (secondary N) is 1. The van der Waals surface area contributed by atoms with Crippen molar-refractivity contribution in [3.8, 4) is 11.4 Å². The summed E-state index contributed by atoms with van der Waals surface area (Å²) in [5, 5.41) is 7.10. The summed E-state index contributed by atoms with van der Waals surface area (Å²) in [6.07, 6.45) is 0.271. The summed E-state index contributed by atoms with van der Waals surface area (Å²) in [6, 6.07) is 7.96. The van der Waals surface area contributed by atoms with Gasteiger partial charge in [-0.25, -0.2) is 0 Å². The average Bonchev–Trinajstić information content (AvgIpc) is 3.07. The van der Waals surface area contributed by atoms with Gasteiger partial charge in [-0.15, -0.1) is 0 Å². The molecule has 0 spiro atoms. The van der Waals surface area contributed by atoms with Crippen LogP contribution < -0.4 is 0 Å². The molecule has 0 bridgehead atoms. The molecule has 29 heavy (non-hydrogen) atoms. The molecule has 0 saturated carbocycles. The molecule has 158 valence electrons. The summed E-state index contributed by atoms with van der Waals surface area (Å²) in [6.45, 7) is 3.79. The van der Waals surface area contributed by atoms with Gasteiger partial charge in [0.1, 0.15) is 0 Å². The fraction of sp³-hybridized carbons (Fsp3) is 0.500. The Balaban J connectivity index is 1.62. The summed E-state index contributed by atoms with van der Waals surface area (Å²) >= 11 is 5.33. The third-order valence-corrected chi connectivity index (χ3v) is 7.25. The number of carbonyl (C=O) groups is 1. The van der Waals surface area contributed by atoms with Crippen LogP contribution in [0.25, 0.3) is 11.4 Å². The zero-order chi connectivity index (χ0) is 21.2. The standard InChI is InChI=1S/C18H26N6O3S2/c1-14-4-6-15(7-5-14)17-19-20-18(28)24(17)9-8-16(25)22-10-12-23(13-11-22)29(26,27)21(2)3/h4-7H,8-13H2,1-3H3,(H,20,28). The van der Waals surface area contributed by atoms with Crippen LogP contribution in [0, 0.1) is 11.7 Å². The van der Waals surface area contributed by atoms with E-state index in [1.807, 2.05) is 35.8 Å². The van der Waals surface area contributed by atoms with Gasteiger partial charge in [0.2, 0.25) is 5.91 Å². The van der Waals surface area contributed by atoms with E-state index in [-0.39, 0.29) is 12.3 Å². The Bertz CT molecular complexity index is 1020. The Morgan fingerprint density at radius 1 is 1.17 bits per heavy atom. The second-order valence-corrected chi connectivity index (χ2v) is 9.72. The Hall–Kier alpha value is -2.08. The summed E-state index contributed by atoms with van der Waals surface area (Å²) in [4.78, 5) is 14.4. The van der Waals surface area contributed by atoms with Crippen molar-refractivity contribution >= 4 is 28.3 Å². The molecule has 1 aliphatic heterocycles. The zero-order valence-electron chi connectivity index (χ0n) is 16.8. The smallest absolute Gasteiger partial charge is 0.281 e. The SMILES string of the molecule is Cc1ccc(-c2n[nH]c(=S)n2CCC(=O)N2CCN(S(=O)(=O)N(C)C)CC2)cc1. The molecule has 1 fully saturated rings. The van der Waals surface area contributed by atoms with E-state index in [0.717, 1.165) is 11.1 Å². The topological polar surface area (TPSA) is 94.5 Å². The molecule has 2 heterocycles. The molecule has 1 N–H and O–H groups in total. The predicted octanol–water partition coefficient (Wildman–Crippen LogP) is 1.26. The van der Waals surface area contributed by atoms with Gasteiger partial charge in [-0.2, -0.15) is 22.1 Å². The van der Waals surface area contributed by atoms with E-state index in [9.17, 15) is 13.2 Å². The van der Waals surface area contributed by atoms with Crippen molar-refractivity contribution in [2.75, 3.05) is 40.3 Å². The van der Waals surface area contributed by atoms with Gasteiger partial charge in [0.15, 0.2) is 10.6 Å². The van der Waals surface area contributed by atoms with Gasteiger partial charge in [0.25, 0.3) is 10.2 Å². The Labute approximate surface area is 176 Å². The number of hydrogen-bond donors (Lipinski definition) is 1. The number of carbonyl (C=O) groups excluding carboxylic acids is 1. The fourth-order valence-corrected chi connectivity index (χ4v) is 4.52. The first kappa shape index (κ1) is 21.6. The van der Waals surface area contributed by atoms with Crippen molar-refractivity contribution < 1.29 is 13.2 Å². The lowest BCUT2D eigenvalue weighted by atomic mass is 10.1. The van der Waals surface area contributed by atoms with Gasteiger partial charge < -0.3 is 4.90 Å². The quantitative estimate of drug-likeness (QED) is 0.685. The van der Waals surface area contributed by atoms with E-state index in [1.165, 1.54) is 22.7 Å². The van der Waals surface area contributed by atoms with Gasteiger partial charge in [-0.1, -0.05) is 29.8 Å². The molecule has 1 amide bonds. The first-order valence-electron chi connectivity index (χ1n) is 9.38. The highest BCUT2D eigenvalue weighted by molar-refractivity contribution is 7.86. The highest BCUT2D eigenvalue weighted by Gasteiger charge is 2.30. The van der Waals surface area contributed by atoms with Crippen LogP contribution in [0.2, 0.25) is 0 Å². The van der Waals surface area contributed by atoms with Gasteiger partial charge >= 0.3 is 0 Å². The van der Waals surface area contributed by atoms with Crippen molar-refractivity contribution in [2.24, 2.45) is 0 Å². The number of aryl methyl sites for hydroxylation is 1. The van der Waals surface area contributed by atoms with E-state index in [4.69, 9.17) is 12.2 Å². The van der Waals surface area contributed by atoms with Crippen molar-refractivity contribution in [3.05, 3.63) is 34.6 Å². The van der Waals surface area contributed by atoms with Crippen LogP contribution in [-0.2, 0) is 21.5 Å². The average molecular weight is 439 g/mol. The van der Waals surface area contributed by atoms with E-state index < -0.39 is 10.2 Å². The lowest BCUT2D eigenvalue weighted by Crippen LogP contribution is -2.53. The number of aromatic nitrogens is 3. The first-order valence-corrected chi connectivity index (χ1v) is 11.2. The summed E-state index contributed by atoms with van der Waals surface area (Å²) in [5.41, 5.74) is 2.08. The van der Waals surface area contributed by atoms with Crippen LogP contribution in [0.1, 0.15) is 12.0 Å². The summed E-state index contributed by atoms with van der Waals surface area (Å²) in [5.74, 6) is 0.676. The van der Waals surface area contributed by atoms with Crippen LogP contribution in [0.5, 0.6) is 0 Å². The molecule has 0 aliphatic carbocycles. The van der Waals surface area contributed by atoms with E-state index in [2.05, 4.69) is 10.2 Å². The van der Waals surface area contributed by atoms with Gasteiger partial charge in [0, 0.05) is 58.8 Å². The molecule has 11 heteroatoms. The number of piperazine rings is 1. The van der Waals surface area contributed by atoms with Gasteiger partial charge in [0.05, 0.1) is 0 Å². The number of rotatable bonds is 6. The highest BCUT2D eigenvalue weighted by Crippen LogP contribution is 2.19. The van der Waals surface area contributed by atoms with Crippen molar-refractivity contribution in [1.82, 2.24) is 28.3 Å². The maximum atomic E-state index is 12.7. The van der Waals surface area contributed by atoms with E-state index in [0.29, 0.717) is 43.3 Å². The number of nitrogens with zero attached hydrogens (tertiary/aromatic N) is 5. The number of amides is 1. The van der Waals surface area contributed by atoms with E-state index in [1.54, 1.807) is 4.90 Å². The Morgan fingerprint density at radius 2 is 1.79 bits per heavy atom. The predicted molar refractivity (Wildman–Crippen MR) is 113 cm³/mol. The maximum absolute atomic E-state index is 12.7. The lowest BCUT2D eigenvalue weighted by molar-refractivity contribution is -0.132. The molecule has 1 saturated heterocycles. The van der Waals surface area contributed by atoms with E-state index >= 15 is 0 Å². The molecule has 9 nitrogen and oxygen atoms in total. The molecule has 3 rings (SSSR count).